The van der Waals surface area contributed by atoms with Crippen molar-refractivity contribution in [2.75, 3.05) is 13.1 Å². The fourth-order valence-electron chi connectivity index (χ4n) is 0.729. The Morgan fingerprint density at radius 2 is 1.47 bits per heavy atom. The summed E-state index contributed by atoms with van der Waals surface area (Å²) in [4.78, 5) is 0. The number of hydrogen-bond donors (Lipinski definition) is 4. The second-order valence-electron chi connectivity index (χ2n) is 3.25. The van der Waals surface area contributed by atoms with E-state index in [1.54, 1.807) is 4.61 Å². The summed E-state index contributed by atoms with van der Waals surface area (Å²) >= 11 is 4.71. The Kier molecular flexibility index (Phi) is 14.7. The van der Waals surface area contributed by atoms with E-state index in [1.165, 1.54) is 38.8 Å². The van der Waals surface area contributed by atoms with Crippen LogP contribution < -0.4 is 20.9 Å². The summed E-state index contributed by atoms with van der Waals surface area (Å²) in [5.74, 6) is 0. The molecule has 15 heavy (non-hydrogen) atoms. The maximum atomic E-state index is 9.90. The van der Waals surface area contributed by atoms with Crippen LogP contribution >= 0.6 is 19.4 Å². The minimum Gasteiger partial charge on any atom is -0.317 e. The lowest BCUT2D eigenvalue weighted by atomic mass is 10.3. The quantitative estimate of drug-likeness (QED) is 0.318. The number of nitrogens with one attached hydrogen (secondary N) is 2. The first-order valence-electron chi connectivity index (χ1n) is 5.23. The third-order valence-electron chi connectivity index (χ3n) is 1.55. The average Bonchev–Trinajstić information content (AvgIpc) is 2.18. The van der Waals surface area contributed by atoms with Crippen LogP contribution in [0.25, 0.3) is 0 Å². The van der Waals surface area contributed by atoms with Crippen molar-refractivity contribution in [1.29, 1.82) is 0 Å². The molecule has 0 amide bonds. The summed E-state index contributed by atoms with van der Waals surface area (Å²) in [6.07, 6.45) is 5.26. The van der Waals surface area contributed by atoms with Crippen molar-refractivity contribution in [3.8, 4) is 0 Å². The van der Waals surface area contributed by atoms with Crippen molar-refractivity contribution in [1.82, 2.24) is 9.92 Å². The predicted molar refractivity (Wildman–Crippen MR) is 67.7 cm³/mol. The minimum absolute atomic E-state index is 1.20. The van der Waals surface area contributed by atoms with Gasteiger partial charge in [0, 0.05) is 0 Å². The first-order valence-corrected chi connectivity index (χ1v) is 7.46. The molecule has 0 aliphatic carbocycles. The van der Waals surface area contributed by atoms with E-state index in [0.29, 0.717) is 0 Å². The van der Waals surface area contributed by atoms with Gasteiger partial charge in [-0.3, -0.25) is 15.6 Å². The maximum absolute atomic E-state index is 9.90. The summed E-state index contributed by atoms with van der Waals surface area (Å²) in [7, 11) is -3.13. The third-order valence-corrected chi connectivity index (χ3v) is 2.60. The van der Waals surface area contributed by atoms with Gasteiger partial charge in [0.1, 0.15) is 0 Å². The Balaban J connectivity index is 0. The third kappa shape index (κ3) is 25.0. The molecule has 0 unspecified atom stereocenters. The van der Waals surface area contributed by atoms with E-state index in [4.69, 9.17) is 11.8 Å². The van der Waals surface area contributed by atoms with Crippen molar-refractivity contribution in [2.24, 2.45) is 11.0 Å². The average molecular weight is 259 g/mol. The summed E-state index contributed by atoms with van der Waals surface area (Å²) in [5.41, 5.74) is 9.25. The highest BCUT2D eigenvalue weighted by Gasteiger charge is 2.00. The topological polar surface area (TPSA) is 93.2 Å². The lowest BCUT2D eigenvalue weighted by Gasteiger charge is -1.99. The predicted octanol–water partition coefficient (Wildman–Crippen LogP) is 1.93. The van der Waals surface area contributed by atoms with Gasteiger partial charge in [-0.2, -0.15) is 4.61 Å². The Bertz CT molecular complexity index is 159. The molecule has 0 fully saturated rings. The SMILES string of the molecule is CCCCNCCCC.NP(N)(=O)NCl. The van der Waals surface area contributed by atoms with E-state index in [-0.39, 0.29) is 0 Å². The second kappa shape index (κ2) is 12.4. The van der Waals surface area contributed by atoms with Crippen LogP contribution in [0.3, 0.4) is 0 Å². The van der Waals surface area contributed by atoms with Crippen molar-refractivity contribution < 1.29 is 4.57 Å². The molecular formula is C8H24ClN4OP. The molecule has 0 aromatic carbocycles. The van der Waals surface area contributed by atoms with Gasteiger partial charge >= 0.3 is 0 Å². The Hall–Kier alpha value is 0.360. The van der Waals surface area contributed by atoms with E-state index in [1.807, 2.05) is 0 Å². The molecular weight excluding hydrogens is 235 g/mol. The Morgan fingerprint density at radius 1 is 1.13 bits per heavy atom. The fraction of sp³-hybridized carbons (Fsp3) is 1.00. The standard InChI is InChI=1S/C8H19N.ClH5N3OP/c1-3-5-7-9-8-6-4-2;1-4-6(2,3)5/h9H,3-8H2,1-2H3;(H5,2,3,4,5). The molecule has 0 aromatic rings. The molecule has 0 heterocycles. The van der Waals surface area contributed by atoms with E-state index in [2.05, 4.69) is 30.2 Å². The molecule has 0 spiro atoms. The van der Waals surface area contributed by atoms with Crippen LogP contribution in [-0.2, 0) is 4.57 Å². The zero-order chi connectivity index (χ0) is 12.2. The van der Waals surface area contributed by atoms with Crippen LogP contribution in [0.15, 0.2) is 0 Å². The van der Waals surface area contributed by atoms with Crippen LogP contribution in [0.2, 0.25) is 0 Å². The molecule has 0 saturated carbocycles. The monoisotopic (exact) mass is 258 g/mol. The number of hydrogen-bond acceptors (Lipinski definition) is 2. The van der Waals surface area contributed by atoms with Gasteiger partial charge in [-0.05, 0) is 37.7 Å². The highest BCUT2D eigenvalue weighted by atomic mass is 35.5. The molecule has 5 nitrogen and oxygen atoms in total. The largest absolute Gasteiger partial charge is 0.317 e. The first kappa shape index (κ1) is 17.7. The van der Waals surface area contributed by atoms with Crippen LogP contribution in [0.1, 0.15) is 39.5 Å². The molecule has 6 N–H and O–H groups in total. The van der Waals surface area contributed by atoms with Gasteiger partial charge in [-0.15, -0.1) is 0 Å². The van der Waals surface area contributed by atoms with Gasteiger partial charge in [-0.25, -0.2) is 0 Å². The molecule has 0 bridgehead atoms. The Morgan fingerprint density at radius 3 is 1.67 bits per heavy atom. The smallest absolute Gasteiger partial charge is 0.287 e. The normalized spacial score (nSPS) is 10.7. The Labute approximate surface area is 98.0 Å². The molecule has 0 aromatic heterocycles. The van der Waals surface area contributed by atoms with Crippen LogP contribution in [0.4, 0.5) is 0 Å². The van der Waals surface area contributed by atoms with Gasteiger partial charge in [0.05, 0.1) is 0 Å². The second-order valence-corrected chi connectivity index (χ2v) is 5.35. The zero-order valence-corrected chi connectivity index (χ0v) is 11.3. The van der Waals surface area contributed by atoms with Gasteiger partial charge in [0.25, 0.3) is 7.59 Å². The highest BCUT2D eigenvalue weighted by Crippen LogP contribution is 2.17. The van der Waals surface area contributed by atoms with Crippen molar-refractivity contribution in [3.05, 3.63) is 0 Å². The molecule has 94 valence electrons. The van der Waals surface area contributed by atoms with Gasteiger partial charge in [0.2, 0.25) is 0 Å². The summed E-state index contributed by atoms with van der Waals surface area (Å²) in [5, 5.41) is 3.39. The number of halogens is 1. The molecule has 0 atom stereocenters. The number of rotatable bonds is 7. The van der Waals surface area contributed by atoms with Crippen molar-refractivity contribution in [2.45, 2.75) is 39.5 Å². The fourth-order valence-corrected chi connectivity index (χ4v) is 0.729. The van der Waals surface area contributed by atoms with E-state index in [9.17, 15) is 4.57 Å². The molecule has 7 heteroatoms. The summed E-state index contributed by atoms with van der Waals surface area (Å²) in [6, 6.07) is 0. The van der Waals surface area contributed by atoms with Crippen LogP contribution in [0, 0.1) is 0 Å². The number of nitrogens with two attached hydrogens (primary N) is 2. The van der Waals surface area contributed by atoms with E-state index in [0.717, 1.165) is 0 Å². The number of unbranched alkanes of at least 4 members (excludes halogenated alkanes) is 2. The molecule has 0 radical (unpaired) electrons. The lowest BCUT2D eigenvalue weighted by molar-refractivity contribution is 0.575. The maximum Gasteiger partial charge on any atom is 0.287 e. The molecule has 0 aliphatic rings. The molecule has 0 rings (SSSR count). The lowest BCUT2D eigenvalue weighted by Crippen LogP contribution is -2.15. The van der Waals surface area contributed by atoms with Crippen LogP contribution in [0.5, 0.6) is 0 Å². The molecule has 0 aliphatic heterocycles. The van der Waals surface area contributed by atoms with Crippen LogP contribution in [-0.4, -0.2) is 13.1 Å². The molecule has 0 saturated heterocycles. The highest BCUT2D eigenvalue weighted by molar-refractivity contribution is 7.58. The van der Waals surface area contributed by atoms with Crippen molar-refractivity contribution in [3.63, 3.8) is 0 Å². The van der Waals surface area contributed by atoms with E-state index >= 15 is 0 Å². The van der Waals surface area contributed by atoms with Gasteiger partial charge < -0.3 is 5.32 Å². The summed E-state index contributed by atoms with van der Waals surface area (Å²) in [6.45, 7) is 6.86. The zero-order valence-electron chi connectivity index (χ0n) is 9.63. The van der Waals surface area contributed by atoms with Gasteiger partial charge in [-0.1, -0.05) is 26.7 Å². The van der Waals surface area contributed by atoms with Gasteiger partial charge in [0.15, 0.2) is 0 Å². The minimum atomic E-state index is -3.13. The van der Waals surface area contributed by atoms with E-state index < -0.39 is 7.59 Å². The first-order chi connectivity index (χ1) is 6.97. The van der Waals surface area contributed by atoms with Crippen molar-refractivity contribution >= 4 is 19.4 Å². The summed E-state index contributed by atoms with van der Waals surface area (Å²) < 4.78 is 11.6.